The summed E-state index contributed by atoms with van der Waals surface area (Å²) < 4.78 is 12.1. The van der Waals surface area contributed by atoms with E-state index in [0.29, 0.717) is 28.1 Å². The molecule has 2 aromatic rings. The van der Waals surface area contributed by atoms with Gasteiger partial charge in [0.15, 0.2) is 11.5 Å². The van der Waals surface area contributed by atoms with Gasteiger partial charge in [0.2, 0.25) is 0 Å². The highest BCUT2D eigenvalue weighted by Gasteiger charge is 2.59. The summed E-state index contributed by atoms with van der Waals surface area (Å²) >= 11 is 3.53. The molecule has 1 heterocycles. The zero-order valence-corrected chi connectivity index (χ0v) is 18.5. The van der Waals surface area contributed by atoms with Gasteiger partial charge in [-0.2, -0.15) is 10.1 Å². The average molecular weight is 481 g/mol. The van der Waals surface area contributed by atoms with E-state index in [1.54, 1.807) is 13.2 Å². The Morgan fingerprint density at radius 3 is 2.42 bits per heavy atom. The highest BCUT2D eigenvalue weighted by Crippen LogP contribution is 2.52. The molecule has 6 nitrogen and oxygen atoms in total. The number of fused-ring (bicyclic) bond motifs is 5. The molecule has 4 unspecified atom stereocenters. The summed E-state index contributed by atoms with van der Waals surface area (Å²) in [6, 6.07) is 13.4. The Bertz CT molecular complexity index is 1070. The molecule has 0 radical (unpaired) electrons. The van der Waals surface area contributed by atoms with E-state index in [4.69, 9.17) is 9.47 Å². The van der Waals surface area contributed by atoms with Crippen LogP contribution in [0, 0.1) is 23.7 Å². The summed E-state index contributed by atoms with van der Waals surface area (Å²) in [7, 11) is 1.57. The van der Waals surface area contributed by atoms with E-state index in [-0.39, 0.29) is 35.5 Å². The quantitative estimate of drug-likeness (QED) is 0.353. The summed E-state index contributed by atoms with van der Waals surface area (Å²) in [4.78, 5) is 25.6. The molecule has 1 aliphatic heterocycles. The van der Waals surface area contributed by atoms with Crippen molar-refractivity contribution in [2.24, 2.45) is 28.8 Å². The number of hydrazone groups is 1. The summed E-state index contributed by atoms with van der Waals surface area (Å²) in [6.07, 6.45) is 6.56. The molecule has 7 heteroatoms. The fraction of sp³-hybridized carbons (Fsp3) is 0.292. The minimum Gasteiger partial charge on any atom is -0.493 e. The molecule has 0 spiro atoms. The minimum absolute atomic E-state index is 0.168. The topological polar surface area (TPSA) is 68.2 Å². The number of allylic oxidation sites excluding steroid dienone is 2. The lowest BCUT2D eigenvalue weighted by Gasteiger charge is -2.14. The van der Waals surface area contributed by atoms with Crippen LogP contribution >= 0.6 is 15.9 Å². The van der Waals surface area contributed by atoms with Gasteiger partial charge >= 0.3 is 0 Å². The van der Waals surface area contributed by atoms with Crippen molar-refractivity contribution in [3.8, 4) is 11.5 Å². The first kappa shape index (κ1) is 20.0. The molecule has 2 fully saturated rings. The van der Waals surface area contributed by atoms with Crippen LogP contribution in [0.15, 0.2) is 64.2 Å². The van der Waals surface area contributed by atoms with Gasteiger partial charge in [-0.05, 0) is 57.4 Å². The number of hydrogen-bond acceptors (Lipinski definition) is 5. The molecule has 2 aromatic carbocycles. The third kappa shape index (κ3) is 3.47. The van der Waals surface area contributed by atoms with Gasteiger partial charge in [-0.3, -0.25) is 9.59 Å². The number of carbonyl (C=O) groups excluding carboxylic acids is 2. The zero-order chi connectivity index (χ0) is 21.5. The molecule has 5 rings (SSSR count). The Balaban J connectivity index is 1.34. The Kier molecular flexibility index (Phi) is 5.14. The van der Waals surface area contributed by atoms with Gasteiger partial charge in [-0.25, -0.2) is 0 Å². The number of halogens is 1. The number of hydrogen-bond donors (Lipinski definition) is 0. The highest BCUT2D eigenvalue weighted by molar-refractivity contribution is 9.10. The van der Waals surface area contributed by atoms with E-state index in [9.17, 15) is 9.59 Å². The predicted octanol–water partition coefficient (Wildman–Crippen LogP) is 4.18. The Labute approximate surface area is 188 Å². The number of carbonyl (C=O) groups is 2. The maximum Gasteiger partial charge on any atom is 0.254 e. The van der Waals surface area contributed by atoms with Crippen molar-refractivity contribution in [2.75, 3.05) is 7.11 Å². The van der Waals surface area contributed by atoms with Gasteiger partial charge in [0, 0.05) is 0 Å². The van der Waals surface area contributed by atoms with E-state index >= 15 is 0 Å². The fourth-order valence-corrected chi connectivity index (χ4v) is 5.38. The van der Waals surface area contributed by atoms with Crippen LogP contribution in [0.3, 0.4) is 0 Å². The second-order valence-corrected chi connectivity index (χ2v) is 8.90. The standard InChI is InChI=1S/C24H21BrN2O4/c1-30-19-10-15(9-18(25)22(19)31-13-14-5-3-2-4-6-14)12-26-27-23(28)20-16-7-8-17(11-16)21(20)24(27)29/h2-10,12,16-17,20-21H,11,13H2,1H3. The fourth-order valence-electron chi connectivity index (χ4n) is 4.81. The number of imide groups is 1. The van der Waals surface area contributed by atoms with Crippen LogP contribution < -0.4 is 9.47 Å². The number of methoxy groups -OCH3 is 1. The van der Waals surface area contributed by atoms with Gasteiger partial charge in [0.1, 0.15) is 6.61 Å². The Morgan fingerprint density at radius 2 is 1.77 bits per heavy atom. The molecule has 2 amide bonds. The van der Waals surface area contributed by atoms with Crippen molar-refractivity contribution in [3.05, 3.63) is 70.2 Å². The first-order valence-corrected chi connectivity index (χ1v) is 11.0. The van der Waals surface area contributed by atoms with Crippen molar-refractivity contribution in [1.29, 1.82) is 0 Å². The SMILES string of the molecule is COc1cc(C=NN2C(=O)C3C4C=CC(C4)C3C2=O)cc(Br)c1OCc1ccccc1. The third-order valence-corrected chi connectivity index (χ3v) is 6.84. The van der Waals surface area contributed by atoms with Crippen LogP contribution in [0.5, 0.6) is 11.5 Å². The van der Waals surface area contributed by atoms with Crippen LogP contribution in [-0.4, -0.2) is 30.1 Å². The lowest BCUT2D eigenvalue weighted by molar-refractivity contribution is -0.140. The van der Waals surface area contributed by atoms with Crippen molar-refractivity contribution < 1.29 is 19.1 Å². The summed E-state index contributed by atoms with van der Waals surface area (Å²) in [5, 5.41) is 5.28. The van der Waals surface area contributed by atoms with Crippen molar-refractivity contribution in [2.45, 2.75) is 13.0 Å². The first-order chi connectivity index (χ1) is 15.1. The number of ether oxygens (including phenoxy) is 2. The molecular weight excluding hydrogens is 460 g/mol. The molecular formula is C24H21BrN2O4. The monoisotopic (exact) mass is 480 g/mol. The van der Waals surface area contributed by atoms with Crippen molar-refractivity contribution in [3.63, 3.8) is 0 Å². The largest absolute Gasteiger partial charge is 0.493 e. The van der Waals surface area contributed by atoms with Gasteiger partial charge in [-0.15, -0.1) is 0 Å². The van der Waals surface area contributed by atoms with Crippen LogP contribution in [0.25, 0.3) is 0 Å². The van der Waals surface area contributed by atoms with Gasteiger partial charge < -0.3 is 9.47 Å². The zero-order valence-electron chi connectivity index (χ0n) is 16.9. The second-order valence-electron chi connectivity index (χ2n) is 8.04. The van der Waals surface area contributed by atoms with E-state index in [1.807, 2.05) is 36.4 Å². The van der Waals surface area contributed by atoms with Crippen molar-refractivity contribution in [1.82, 2.24) is 5.01 Å². The molecule has 0 N–H and O–H groups in total. The van der Waals surface area contributed by atoms with Crippen LogP contribution in [-0.2, 0) is 16.2 Å². The lowest BCUT2D eigenvalue weighted by Crippen LogP contribution is -2.28. The molecule has 2 aliphatic carbocycles. The van der Waals surface area contributed by atoms with Crippen molar-refractivity contribution >= 4 is 34.0 Å². The van der Waals surface area contributed by atoms with E-state index < -0.39 is 0 Å². The Morgan fingerprint density at radius 1 is 1.10 bits per heavy atom. The van der Waals surface area contributed by atoms with Gasteiger partial charge in [0.25, 0.3) is 11.8 Å². The molecule has 31 heavy (non-hydrogen) atoms. The summed E-state index contributed by atoms with van der Waals surface area (Å²) in [5.74, 6) is 0.543. The lowest BCUT2D eigenvalue weighted by atomic mass is 9.85. The number of nitrogens with zero attached hydrogens (tertiary/aromatic N) is 2. The van der Waals surface area contributed by atoms with Gasteiger partial charge in [-0.1, -0.05) is 42.5 Å². The normalized spacial score (nSPS) is 26.2. The molecule has 4 atom stereocenters. The maximum atomic E-state index is 12.8. The first-order valence-electron chi connectivity index (χ1n) is 10.2. The van der Waals surface area contributed by atoms with Crippen LogP contribution in [0.2, 0.25) is 0 Å². The summed E-state index contributed by atoms with van der Waals surface area (Å²) in [5.41, 5.74) is 1.73. The smallest absolute Gasteiger partial charge is 0.254 e. The second kappa shape index (κ2) is 7.96. The minimum atomic E-state index is -0.255. The highest BCUT2D eigenvalue weighted by atomic mass is 79.9. The number of benzene rings is 2. The molecule has 2 bridgehead atoms. The molecule has 1 saturated carbocycles. The molecule has 1 saturated heterocycles. The molecule has 158 valence electrons. The van der Waals surface area contributed by atoms with E-state index in [0.717, 1.165) is 17.0 Å². The number of rotatable bonds is 6. The van der Waals surface area contributed by atoms with Gasteiger partial charge in [0.05, 0.1) is 29.6 Å². The van der Waals surface area contributed by atoms with Crippen LogP contribution in [0.1, 0.15) is 17.5 Å². The molecule has 0 aromatic heterocycles. The molecule has 3 aliphatic rings. The Hall–Kier alpha value is -2.93. The summed E-state index contributed by atoms with van der Waals surface area (Å²) in [6.45, 7) is 0.402. The maximum absolute atomic E-state index is 12.8. The van der Waals surface area contributed by atoms with Crippen LogP contribution in [0.4, 0.5) is 0 Å². The average Bonchev–Trinajstić information content (AvgIpc) is 3.46. The number of amides is 2. The van der Waals surface area contributed by atoms with E-state index in [1.165, 1.54) is 6.21 Å². The predicted molar refractivity (Wildman–Crippen MR) is 119 cm³/mol. The third-order valence-electron chi connectivity index (χ3n) is 6.25. The van der Waals surface area contributed by atoms with E-state index in [2.05, 4.69) is 33.2 Å².